The van der Waals surface area contributed by atoms with Crippen molar-refractivity contribution in [3.8, 4) is 0 Å². The van der Waals surface area contributed by atoms with E-state index in [1.165, 1.54) is 24.9 Å². The Morgan fingerprint density at radius 1 is 1.45 bits per heavy atom. The summed E-state index contributed by atoms with van der Waals surface area (Å²) in [5.74, 6) is 0. The van der Waals surface area contributed by atoms with Crippen LogP contribution in [0.2, 0.25) is 0 Å². The topological polar surface area (TPSA) is 4.93 Å². The molecule has 1 heterocycles. The van der Waals surface area contributed by atoms with Crippen LogP contribution < -0.4 is 0 Å². The molecule has 1 nitrogen and oxygen atoms in total. The standard InChI is InChI=1S/C9H15N.FH/c1-3-4-6-10-7-5-9(2)8-10;/h5,7-8H,3-4,6H2,1-2H3;1H. The van der Waals surface area contributed by atoms with E-state index < -0.39 is 0 Å². The number of aromatic nitrogens is 1. The van der Waals surface area contributed by atoms with Crippen LogP contribution in [-0.4, -0.2) is 4.57 Å². The van der Waals surface area contributed by atoms with Crippen LogP contribution in [-0.2, 0) is 6.54 Å². The number of rotatable bonds is 3. The van der Waals surface area contributed by atoms with Crippen molar-refractivity contribution in [3.05, 3.63) is 24.0 Å². The van der Waals surface area contributed by atoms with E-state index in [9.17, 15) is 0 Å². The summed E-state index contributed by atoms with van der Waals surface area (Å²) >= 11 is 0. The van der Waals surface area contributed by atoms with Gasteiger partial charge in [-0.1, -0.05) is 13.3 Å². The molecule has 0 saturated heterocycles. The van der Waals surface area contributed by atoms with Gasteiger partial charge in [0.1, 0.15) is 0 Å². The van der Waals surface area contributed by atoms with Gasteiger partial charge in [0.2, 0.25) is 0 Å². The lowest BCUT2D eigenvalue weighted by Crippen LogP contribution is -1.92. The molecule has 0 spiro atoms. The molecule has 1 aromatic rings. The Morgan fingerprint density at radius 3 is 2.64 bits per heavy atom. The lowest BCUT2D eigenvalue weighted by Gasteiger charge is -1.98. The van der Waals surface area contributed by atoms with E-state index in [0.717, 1.165) is 0 Å². The van der Waals surface area contributed by atoms with Gasteiger partial charge in [-0.15, -0.1) is 0 Å². The molecule has 2 heteroatoms. The van der Waals surface area contributed by atoms with Crippen molar-refractivity contribution in [2.24, 2.45) is 0 Å². The van der Waals surface area contributed by atoms with Crippen LogP contribution >= 0.6 is 0 Å². The van der Waals surface area contributed by atoms with Gasteiger partial charge in [0, 0.05) is 18.9 Å². The quantitative estimate of drug-likeness (QED) is 0.635. The molecule has 11 heavy (non-hydrogen) atoms. The highest BCUT2D eigenvalue weighted by atomic mass is 19.0. The van der Waals surface area contributed by atoms with Crippen LogP contribution in [0.15, 0.2) is 18.5 Å². The summed E-state index contributed by atoms with van der Waals surface area (Å²) in [5.41, 5.74) is 1.36. The van der Waals surface area contributed by atoms with Gasteiger partial charge in [-0.2, -0.15) is 0 Å². The summed E-state index contributed by atoms with van der Waals surface area (Å²) in [5, 5.41) is 0. The zero-order chi connectivity index (χ0) is 7.40. The highest BCUT2D eigenvalue weighted by Crippen LogP contribution is 2.00. The molecule has 0 aliphatic carbocycles. The molecule has 0 N–H and O–H groups in total. The van der Waals surface area contributed by atoms with E-state index in [1.807, 2.05) is 0 Å². The number of nitrogens with zero attached hydrogens (tertiary/aromatic N) is 1. The first-order valence-electron chi connectivity index (χ1n) is 3.95. The molecule has 64 valence electrons. The molecule has 0 unspecified atom stereocenters. The Bertz CT molecular complexity index is 193. The van der Waals surface area contributed by atoms with Gasteiger partial charge in [-0.05, 0) is 25.0 Å². The predicted octanol–water partition coefficient (Wildman–Crippen LogP) is 2.75. The normalized spacial score (nSPS) is 9.27. The van der Waals surface area contributed by atoms with Gasteiger partial charge in [0.15, 0.2) is 0 Å². The van der Waals surface area contributed by atoms with Gasteiger partial charge in [-0.3, -0.25) is 4.70 Å². The Kier molecular flexibility index (Phi) is 4.59. The first-order valence-corrected chi connectivity index (χ1v) is 3.95. The minimum absolute atomic E-state index is 0. The molecule has 0 aliphatic heterocycles. The Hall–Kier alpha value is -0.790. The monoisotopic (exact) mass is 157 g/mol. The molecule has 0 saturated carbocycles. The number of hydrogen-bond acceptors (Lipinski definition) is 0. The maximum absolute atomic E-state index is 2.25. The fourth-order valence-electron chi connectivity index (χ4n) is 1.04. The molecule has 0 fully saturated rings. The molecule has 0 aliphatic rings. The number of aryl methyl sites for hydroxylation is 2. The fraction of sp³-hybridized carbons (Fsp3) is 0.556. The molecule has 0 atom stereocenters. The van der Waals surface area contributed by atoms with Gasteiger partial charge >= 0.3 is 0 Å². The van der Waals surface area contributed by atoms with E-state index in [4.69, 9.17) is 0 Å². The predicted molar refractivity (Wildman–Crippen MR) is 46.6 cm³/mol. The maximum atomic E-state index is 2.25. The largest absolute Gasteiger partial charge is 0.354 e. The summed E-state index contributed by atoms with van der Waals surface area (Å²) in [6, 6.07) is 2.15. The zero-order valence-electron chi connectivity index (χ0n) is 7.21. The lowest BCUT2D eigenvalue weighted by molar-refractivity contribution is 0.634. The fourth-order valence-corrected chi connectivity index (χ4v) is 1.04. The lowest BCUT2D eigenvalue weighted by atomic mass is 10.3. The van der Waals surface area contributed by atoms with Crippen LogP contribution in [0, 0.1) is 6.92 Å². The van der Waals surface area contributed by atoms with Crippen molar-refractivity contribution < 1.29 is 4.70 Å². The second kappa shape index (κ2) is 4.94. The summed E-state index contributed by atoms with van der Waals surface area (Å²) in [6.45, 7) is 5.52. The zero-order valence-corrected chi connectivity index (χ0v) is 7.21. The average Bonchev–Trinajstić information content (AvgIpc) is 2.31. The minimum atomic E-state index is 0. The SMILES string of the molecule is CCCCn1ccc(C)c1.F. The summed E-state index contributed by atoms with van der Waals surface area (Å²) in [7, 11) is 0. The molecule has 0 radical (unpaired) electrons. The molecule has 0 amide bonds. The van der Waals surface area contributed by atoms with Crippen LogP contribution in [0.1, 0.15) is 25.3 Å². The molecule has 0 aromatic carbocycles. The van der Waals surface area contributed by atoms with Crippen molar-refractivity contribution in [1.29, 1.82) is 0 Å². The van der Waals surface area contributed by atoms with Crippen LogP contribution in [0.25, 0.3) is 0 Å². The van der Waals surface area contributed by atoms with Crippen molar-refractivity contribution in [1.82, 2.24) is 4.57 Å². The van der Waals surface area contributed by atoms with Crippen LogP contribution in [0.3, 0.4) is 0 Å². The number of hydrogen-bond donors (Lipinski definition) is 0. The van der Waals surface area contributed by atoms with E-state index in [2.05, 4.69) is 36.9 Å². The average molecular weight is 157 g/mol. The van der Waals surface area contributed by atoms with Crippen molar-refractivity contribution >= 4 is 0 Å². The number of halogens is 1. The minimum Gasteiger partial charge on any atom is -0.354 e. The summed E-state index contributed by atoms with van der Waals surface area (Å²) in [6.07, 6.45) is 6.89. The van der Waals surface area contributed by atoms with Crippen molar-refractivity contribution in [2.45, 2.75) is 33.2 Å². The van der Waals surface area contributed by atoms with Crippen LogP contribution in [0.5, 0.6) is 0 Å². The molecule has 1 rings (SSSR count). The maximum Gasteiger partial charge on any atom is 0.0219 e. The van der Waals surface area contributed by atoms with E-state index in [0.29, 0.717) is 0 Å². The second-order valence-electron chi connectivity index (χ2n) is 2.78. The summed E-state index contributed by atoms with van der Waals surface area (Å²) < 4.78 is 2.25. The van der Waals surface area contributed by atoms with Gasteiger partial charge < -0.3 is 4.57 Å². The Balaban J connectivity index is 0.000001000. The molecule has 1 aromatic heterocycles. The van der Waals surface area contributed by atoms with E-state index in [1.54, 1.807) is 0 Å². The van der Waals surface area contributed by atoms with Crippen molar-refractivity contribution in [2.75, 3.05) is 0 Å². The van der Waals surface area contributed by atoms with Crippen molar-refractivity contribution in [3.63, 3.8) is 0 Å². The summed E-state index contributed by atoms with van der Waals surface area (Å²) in [4.78, 5) is 0. The van der Waals surface area contributed by atoms with Crippen LogP contribution in [0.4, 0.5) is 4.70 Å². The van der Waals surface area contributed by atoms with Gasteiger partial charge in [-0.25, -0.2) is 0 Å². The first kappa shape index (κ1) is 10.2. The Morgan fingerprint density at radius 2 is 2.18 bits per heavy atom. The third-order valence-electron chi connectivity index (χ3n) is 1.67. The Labute approximate surface area is 67.4 Å². The second-order valence-corrected chi connectivity index (χ2v) is 2.78. The smallest absolute Gasteiger partial charge is 0.0219 e. The third-order valence-corrected chi connectivity index (χ3v) is 1.67. The highest BCUT2D eigenvalue weighted by molar-refractivity contribution is 5.06. The van der Waals surface area contributed by atoms with Gasteiger partial charge in [0.05, 0.1) is 0 Å². The van der Waals surface area contributed by atoms with E-state index in [-0.39, 0.29) is 4.70 Å². The van der Waals surface area contributed by atoms with Gasteiger partial charge in [0.25, 0.3) is 0 Å². The van der Waals surface area contributed by atoms with E-state index >= 15 is 0 Å². The number of unbranched alkanes of at least 4 members (excludes halogenated alkanes) is 1. The molecular formula is C9H16FN. The molecule has 0 bridgehead atoms. The first-order chi connectivity index (χ1) is 4.83. The highest BCUT2D eigenvalue weighted by Gasteiger charge is 1.89. The third kappa shape index (κ3) is 3.21. The molecular weight excluding hydrogens is 141 g/mol.